The Balaban J connectivity index is 3.12. The molecule has 0 saturated heterocycles. The molecule has 0 radical (unpaired) electrons. The molecule has 0 aromatic carbocycles. The van der Waals surface area contributed by atoms with Gasteiger partial charge < -0.3 is 5.73 Å². The zero-order valence-corrected chi connectivity index (χ0v) is 9.54. The summed E-state index contributed by atoms with van der Waals surface area (Å²) in [4.78, 5) is 4.20. The van der Waals surface area contributed by atoms with E-state index in [1.54, 1.807) is 0 Å². The van der Waals surface area contributed by atoms with Gasteiger partial charge in [-0.2, -0.15) is 0 Å². The highest BCUT2D eigenvalue weighted by molar-refractivity contribution is 5.25. The summed E-state index contributed by atoms with van der Waals surface area (Å²) in [7, 11) is 0. The van der Waals surface area contributed by atoms with Crippen LogP contribution in [0.3, 0.4) is 0 Å². The van der Waals surface area contributed by atoms with E-state index in [1.165, 1.54) is 5.56 Å². The van der Waals surface area contributed by atoms with Crippen molar-refractivity contribution < 1.29 is 0 Å². The van der Waals surface area contributed by atoms with Crippen molar-refractivity contribution in [3.63, 3.8) is 0 Å². The van der Waals surface area contributed by atoms with E-state index in [0.717, 1.165) is 12.0 Å². The third-order valence-corrected chi connectivity index (χ3v) is 3.03. The normalized spacial score (nSPS) is 15.6. The molecular weight excluding hydrogens is 172 g/mol. The van der Waals surface area contributed by atoms with Gasteiger partial charge in [0, 0.05) is 17.9 Å². The first-order chi connectivity index (χ1) is 6.50. The first-order valence-corrected chi connectivity index (χ1v) is 5.21. The van der Waals surface area contributed by atoms with Gasteiger partial charge in [-0.1, -0.05) is 26.8 Å². The maximum absolute atomic E-state index is 6.39. The molecule has 14 heavy (non-hydrogen) atoms. The molecule has 1 atom stereocenters. The highest BCUT2D eigenvalue weighted by Gasteiger charge is 2.29. The van der Waals surface area contributed by atoms with E-state index < -0.39 is 0 Å². The third-order valence-electron chi connectivity index (χ3n) is 3.03. The summed E-state index contributed by atoms with van der Waals surface area (Å²) in [6, 6.07) is 2.14. The quantitative estimate of drug-likeness (QED) is 0.799. The van der Waals surface area contributed by atoms with Crippen LogP contribution in [0, 0.1) is 12.8 Å². The van der Waals surface area contributed by atoms with Crippen LogP contribution in [-0.2, 0) is 5.54 Å². The molecule has 0 aliphatic rings. The summed E-state index contributed by atoms with van der Waals surface area (Å²) in [5.41, 5.74) is 8.47. The van der Waals surface area contributed by atoms with Crippen molar-refractivity contribution >= 4 is 0 Å². The van der Waals surface area contributed by atoms with Crippen LogP contribution in [0.5, 0.6) is 0 Å². The first-order valence-electron chi connectivity index (χ1n) is 5.21. The average Bonchev–Trinajstić information content (AvgIpc) is 2.16. The first kappa shape index (κ1) is 11.2. The summed E-state index contributed by atoms with van der Waals surface area (Å²) in [6.45, 7) is 8.49. The molecule has 1 unspecified atom stereocenters. The lowest BCUT2D eigenvalue weighted by Gasteiger charge is -2.33. The topological polar surface area (TPSA) is 38.9 Å². The molecule has 2 N–H and O–H groups in total. The van der Waals surface area contributed by atoms with Crippen molar-refractivity contribution in [1.82, 2.24) is 4.98 Å². The fourth-order valence-corrected chi connectivity index (χ4v) is 1.76. The van der Waals surface area contributed by atoms with Crippen LogP contribution in [0.25, 0.3) is 0 Å². The maximum Gasteiger partial charge on any atom is 0.0445 e. The maximum atomic E-state index is 6.39. The molecule has 2 nitrogen and oxygen atoms in total. The van der Waals surface area contributed by atoms with E-state index >= 15 is 0 Å². The molecule has 0 amide bonds. The minimum atomic E-state index is -0.237. The molecule has 0 fully saturated rings. The Bertz CT molecular complexity index is 307. The summed E-state index contributed by atoms with van der Waals surface area (Å²) >= 11 is 0. The van der Waals surface area contributed by atoms with Crippen molar-refractivity contribution in [2.24, 2.45) is 11.7 Å². The SMILES string of the molecule is CCC(N)(c1cncc(C)c1)C(C)C. The van der Waals surface area contributed by atoms with Crippen LogP contribution in [0.4, 0.5) is 0 Å². The Labute approximate surface area is 86.5 Å². The number of aryl methyl sites for hydroxylation is 1. The van der Waals surface area contributed by atoms with Crippen molar-refractivity contribution in [3.8, 4) is 0 Å². The van der Waals surface area contributed by atoms with Crippen molar-refractivity contribution in [2.75, 3.05) is 0 Å². The van der Waals surface area contributed by atoms with Gasteiger partial charge in [0.15, 0.2) is 0 Å². The Hall–Kier alpha value is -0.890. The second-order valence-corrected chi connectivity index (χ2v) is 4.30. The predicted octanol–water partition coefficient (Wildman–Crippen LogP) is 2.61. The fraction of sp³-hybridized carbons (Fsp3) is 0.583. The van der Waals surface area contributed by atoms with Gasteiger partial charge in [0.25, 0.3) is 0 Å². The Morgan fingerprint density at radius 2 is 2.07 bits per heavy atom. The highest BCUT2D eigenvalue weighted by atomic mass is 14.8. The number of hydrogen-bond donors (Lipinski definition) is 1. The van der Waals surface area contributed by atoms with Crippen LogP contribution >= 0.6 is 0 Å². The molecule has 1 aromatic heterocycles. The van der Waals surface area contributed by atoms with Gasteiger partial charge in [-0.25, -0.2) is 0 Å². The summed E-state index contributed by atoms with van der Waals surface area (Å²) < 4.78 is 0. The van der Waals surface area contributed by atoms with E-state index in [0.29, 0.717) is 5.92 Å². The number of rotatable bonds is 3. The molecule has 0 aliphatic carbocycles. The number of nitrogens with two attached hydrogens (primary N) is 1. The summed E-state index contributed by atoms with van der Waals surface area (Å²) in [5.74, 6) is 0.427. The molecule has 1 rings (SSSR count). The van der Waals surface area contributed by atoms with E-state index in [2.05, 4.69) is 31.8 Å². The lowest BCUT2D eigenvalue weighted by molar-refractivity contribution is 0.305. The van der Waals surface area contributed by atoms with Gasteiger partial charge in [-0.05, 0) is 30.4 Å². The second-order valence-electron chi connectivity index (χ2n) is 4.30. The smallest absolute Gasteiger partial charge is 0.0445 e. The van der Waals surface area contributed by atoms with Gasteiger partial charge in [0.05, 0.1) is 0 Å². The molecular formula is C12H20N2. The molecule has 1 aromatic rings. The van der Waals surface area contributed by atoms with Crippen LogP contribution in [-0.4, -0.2) is 4.98 Å². The minimum Gasteiger partial charge on any atom is -0.321 e. The number of aromatic nitrogens is 1. The van der Waals surface area contributed by atoms with E-state index in [1.807, 2.05) is 19.3 Å². The molecule has 0 aliphatic heterocycles. The summed E-state index contributed by atoms with van der Waals surface area (Å²) in [6.07, 6.45) is 4.69. The fourth-order valence-electron chi connectivity index (χ4n) is 1.76. The Morgan fingerprint density at radius 3 is 2.50 bits per heavy atom. The van der Waals surface area contributed by atoms with Crippen LogP contribution < -0.4 is 5.73 Å². The van der Waals surface area contributed by atoms with Gasteiger partial charge in [0.2, 0.25) is 0 Å². The van der Waals surface area contributed by atoms with Crippen LogP contribution in [0.15, 0.2) is 18.5 Å². The van der Waals surface area contributed by atoms with Crippen molar-refractivity contribution in [2.45, 2.75) is 39.7 Å². The van der Waals surface area contributed by atoms with Crippen molar-refractivity contribution in [1.29, 1.82) is 0 Å². The Kier molecular flexibility index (Phi) is 3.27. The standard InChI is InChI=1S/C12H20N2/c1-5-12(13,9(2)3)11-6-10(4)7-14-8-11/h6-9H,5,13H2,1-4H3. The lowest BCUT2D eigenvalue weighted by Crippen LogP contribution is -2.41. The molecule has 0 saturated carbocycles. The molecule has 0 spiro atoms. The Morgan fingerprint density at radius 1 is 1.43 bits per heavy atom. The van der Waals surface area contributed by atoms with E-state index in [4.69, 9.17) is 5.73 Å². The van der Waals surface area contributed by atoms with E-state index in [-0.39, 0.29) is 5.54 Å². The molecule has 78 valence electrons. The zero-order chi connectivity index (χ0) is 10.8. The second kappa shape index (κ2) is 4.09. The van der Waals surface area contributed by atoms with Crippen LogP contribution in [0.1, 0.15) is 38.3 Å². The van der Waals surface area contributed by atoms with Gasteiger partial charge in [-0.3, -0.25) is 4.98 Å². The van der Waals surface area contributed by atoms with E-state index in [9.17, 15) is 0 Å². The lowest BCUT2D eigenvalue weighted by atomic mass is 9.79. The predicted molar refractivity (Wildman–Crippen MR) is 60.0 cm³/mol. The van der Waals surface area contributed by atoms with Gasteiger partial charge in [0.1, 0.15) is 0 Å². The zero-order valence-electron chi connectivity index (χ0n) is 9.54. The minimum absolute atomic E-state index is 0.237. The monoisotopic (exact) mass is 192 g/mol. The largest absolute Gasteiger partial charge is 0.321 e. The molecule has 1 heterocycles. The highest BCUT2D eigenvalue weighted by Crippen LogP contribution is 2.29. The van der Waals surface area contributed by atoms with Crippen molar-refractivity contribution in [3.05, 3.63) is 29.6 Å². The number of nitrogens with zero attached hydrogens (tertiary/aromatic N) is 1. The third kappa shape index (κ3) is 1.95. The summed E-state index contributed by atoms with van der Waals surface area (Å²) in [5, 5.41) is 0. The molecule has 2 heteroatoms. The average molecular weight is 192 g/mol. The van der Waals surface area contributed by atoms with Gasteiger partial charge >= 0.3 is 0 Å². The van der Waals surface area contributed by atoms with Gasteiger partial charge in [-0.15, -0.1) is 0 Å². The number of hydrogen-bond acceptors (Lipinski definition) is 2. The molecule has 0 bridgehead atoms. The van der Waals surface area contributed by atoms with Crippen LogP contribution in [0.2, 0.25) is 0 Å². The number of pyridine rings is 1.